The van der Waals surface area contributed by atoms with Crippen LogP contribution < -0.4 is 14.8 Å². The first-order chi connectivity index (χ1) is 11.1. The number of methoxy groups -OCH3 is 2. The number of morpholine rings is 1. The molecular formula is C16H24N2O4S. The maximum Gasteiger partial charge on any atom is 0.242 e. The largest absolute Gasteiger partial charge is 0.493 e. The van der Waals surface area contributed by atoms with E-state index in [4.69, 9.17) is 14.2 Å². The third-order valence-corrected chi connectivity index (χ3v) is 4.61. The average molecular weight is 340 g/mol. The lowest BCUT2D eigenvalue weighted by molar-refractivity contribution is -0.135. The standard InChI is InChI=1S/C16H24N2O4S/c1-18(16(19)12-10-22-6-5-17-12)9-11-7-13(20-2)14(21-3)8-15(11)23-4/h7-8,12,17H,5-6,9-10H2,1-4H3. The normalized spacial score (nSPS) is 17.7. The summed E-state index contributed by atoms with van der Waals surface area (Å²) in [6.07, 6.45) is 2.00. The van der Waals surface area contributed by atoms with Crippen LogP contribution >= 0.6 is 11.8 Å². The molecule has 0 spiro atoms. The van der Waals surface area contributed by atoms with Gasteiger partial charge in [0.05, 0.1) is 27.4 Å². The summed E-state index contributed by atoms with van der Waals surface area (Å²) < 4.78 is 16.1. The van der Waals surface area contributed by atoms with E-state index in [1.165, 1.54) is 0 Å². The molecule has 1 saturated heterocycles. The van der Waals surface area contributed by atoms with E-state index in [0.717, 1.165) is 10.5 Å². The number of nitrogens with one attached hydrogen (secondary N) is 1. The van der Waals surface area contributed by atoms with Crippen molar-refractivity contribution in [2.45, 2.75) is 17.5 Å². The Morgan fingerprint density at radius 2 is 2.09 bits per heavy atom. The molecule has 0 aromatic heterocycles. The predicted molar refractivity (Wildman–Crippen MR) is 90.4 cm³/mol. The topological polar surface area (TPSA) is 60.0 Å². The van der Waals surface area contributed by atoms with Gasteiger partial charge in [-0.3, -0.25) is 4.79 Å². The van der Waals surface area contributed by atoms with Crippen LogP contribution in [0.4, 0.5) is 0 Å². The molecule has 1 atom stereocenters. The van der Waals surface area contributed by atoms with Gasteiger partial charge in [0.2, 0.25) is 5.91 Å². The van der Waals surface area contributed by atoms with Crippen molar-refractivity contribution in [3.05, 3.63) is 17.7 Å². The number of carbonyl (C=O) groups excluding carboxylic acids is 1. The Hall–Kier alpha value is -1.44. The molecule has 1 N–H and O–H groups in total. The number of benzene rings is 1. The monoisotopic (exact) mass is 340 g/mol. The summed E-state index contributed by atoms with van der Waals surface area (Å²) in [7, 11) is 5.03. The molecule has 1 amide bonds. The van der Waals surface area contributed by atoms with E-state index in [-0.39, 0.29) is 11.9 Å². The zero-order chi connectivity index (χ0) is 16.8. The minimum Gasteiger partial charge on any atom is -0.493 e. The summed E-state index contributed by atoms with van der Waals surface area (Å²) in [5.41, 5.74) is 1.03. The van der Waals surface area contributed by atoms with Crippen LogP contribution in [0.1, 0.15) is 5.56 Å². The number of carbonyl (C=O) groups is 1. The lowest BCUT2D eigenvalue weighted by atomic mass is 10.1. The smallest absolute Gasteiger partial charge is 0.242 e. The van der Waals surface area contributed by atoms with Crippen LogP contribution in [0.5, 0.6) is 11.5 Å². The quantitative estimate of drug-likeness (QED) is 0.790. The molecule has 0 bridgehead atoms. The van der Waals surface area contributed by atoms with Gasteiger partial charge in [0, 0.05) is 25.0 Å². The van der Waals surface area contributed by atoms with Gasteiger partial charge >= 0.3 is 0 Å². The Balaban J connectivity index is 2.15. The van der Waals surface area contributed by atoms with E-state index in [1.807, 2.05) is 18.4 Å². The Morgan fingerprint density at radius 3 is 2.65 bits per heavy atom. The highest BCUT2D eigenvalue weighted by atomic mass is 32.2. The fraction of sp³-hybridized carbons (Fsp3) is 0.562. The van der Waals surface area contributed by atoms with Gasteiger partial charge in [-0.05, 0) is 24.0 Å². The predicted octanol–water partition coefficient (Wildman–Crippen LogP) is 1.37. The van der Waals surface area contributed by atoms with Crippen molar-refractivity contribution in [1.82, 2.24) is 10.2 Å². The van der Waals surface area contributed by atoms with Crippen molar-refractivity contribution in [3.8, 4) is 11.5 Å². The van der Waals surface area contributed by atoms with Crippen LogP contribution in [0.2, 0.25) is 0 Å². The second-order valence-corrected chi connectivity index (χ2v) is 6.14. The van der Waals surface area contributed by atoms with Crippen molar-refractivity contribution in [2.75, 3.05) is 47.3 Å². The molecular weight excluding hydrogens is 316 g/mol. The first-order valence-corrected chi connectivity index (χ1v) is 8.68. The van der Waals surface area contributed by atoms with Crippen molar-refractivity contribution >= 4 is 17.7 Å². The minimum absolute atomic E-state index is 0.0338. The SMILES string of the molecule is COc1cc(CN(C)C(=O)C2COCCN2)c(SC)cc1OC. The number of ether oxygens (including phenoxy) is 3. The molecule has 6 nitrogen and oxygen atoms in total. The van der Waals surface area contributed by atoms with E-state index >= 15 is 0 Å². The number of amides is 1. The Kier molecular flexibility index (Phi) is 6.56. The number of nitrogens with zero attached hydrogens (tertiary/aromatic N) is 1. The van der Waals surface area contributed by atoms with Crippen LogP contribution in [-0.4, -0.2) is 64.1 Å². The van der Waals surface area contributed by atoms with Crippen molar-refractivity contribution < 1.29 is 19.0 Å². The number of rotatable bonds is 6. The molecule has 1 aliphatic rings. The van der Waals surface area contributed by atoms with Gasteiger partial charge in [0.15, 0.2) is 11.5 Å². The molecule has 1 aromatic rings. The number of hydrogen-bond donors (Lipinski definition) is 1. The third kappa shape index (κ3) is 4.31. The minimum atomic E-state index is -0.272. The van der Waals surface area contributed by atoms with Gasteiger partial charge in [-0.1, -0.05) is 0 Å². The maximum absolute atomic E-state index is 12.5. The molecule has 1 unspecified atom stereocenters. The van der Waals surface area contributed by atoms with Crippen LogP contribution in [0, 0.1) is 0 Å². The Labute approximate surface area is 141 Å². The lowest BCUT2D eigenvalue weighted by Crippen LogP contribution is -2.51. The van der Waals surface area contributed by atoms with Gasteiger partial charge in [-0.15, -0.1) is 11.8 Å². The zero-order valence-corrected chi connectivity index (χ0v) is 14.9. The van der Waals surface area contributed by atoms with Gasteiger partial charge in [0.25, 0.3) is 0 Å². The second-order valence-electron chi connectivity index (χ2n) is 5.29. The molecule has 1 aromatic carbocycles. The number of thioether (sulfide) groups is 1. The van der Waals surface area contributed by atoms with E-state index in [0.29, 0.717) is 37.8 Å². The van der Waals surface area contributed by atoms with E-state index < -0.39 is 0 Å². The van der Waals surface area contributed by atoms with Crippen molar-refractivity contribution in [1.29, 1.82) is 0 Å². The molecule has 2 rings (SSSR count). The zero-order valence-electron chi connectivity index (χ0n) is 14.0. The molecule has 1 aliphatic heterocycles. The Bertz CT molecular complexity index is 547. The van der Waals surface area contributed by atoms with Crippen LogP contribution in [0.25, 0.3) is 0 Å². The molecule has 1 fully saturated rings. The van der Waals surface area contributed by atoms with Gasteiger partial charge < -0.3 is 24.4 Å². The highest BCUT2D eigenvalue weighted by molar-refractivity contribution is 7.98. The van der Waals surface area contributed by atoms with E-state index in [2.05, 4.69) is 5.32 Å². The highest BCUT2D eigenvalue weighted by Gasteiger charge is 2.25. The fourth-order valence-corrected chi connectivity index (χ4v) is 3.15. The fourth-order valence-electron chi connectivity index (χ4n) is 2.54. The summed E-state index contributed by atoms with van der Waals surface area (Å²) >= 11 is 1.62. The van der Waals surface area contributed by atoms with Crippen molar-refractivity contribution in [2.24, 2.45) is 0 Å². The summed E-state index contributed by atoms with van der Waals surface area (Å²) in [6, 6.07) is 3.60. The molecule has 0 aliphatic carbocycles. The second kappa shape index (κ2) is 8.42. The molecule has 128 valence electrons. The first-order valence-electron chi connectivity index (χ1n) is 7.45. The maximum atomic E-state index is 12.5. The van der Waals surface area contributed by atoms with Gasteiger partial charge in [0.1, 0.15) is 6.04 Å². The Morgan fingerprint density at radius 1 is 1.39 bits per heavy atom. The first kappa shape index (κ1) is 17.9. The summed E-state index contributed by atoms with van der Waals surface area (Å²) in [4.78, 5) is 15.3. The molecule has 23 heavy (non-hydrogen) atoms. The summed E-state index contributed by atoms with van der Waals surface area (Å²) in [5.74, 6) is 1.39. The summed E-state index contributed by atoms with van der Waals surface area (Å²) in [5, 5.41) is 3.19. The third-order valence-electron chi connectivity index (χ3n) is 3.79. The van der Waals surface area contributed by atoms with E-state index in [1.54, 1.807) is 37.9 Å². The molecule has 0 radical (unpaired) electrons. The number of hydrogen-bond acceptors (Lipinski definition) is 6. The number of likely N-dealkylation sites (N-methyl/N-ethyl adjacent to an activating group) is 1. The van der Waals surface area contributed by atoms with Crippen LogP contribution in [0.15, 0.2) is 17.0 Å². The summed E-state index contributed by atoms with van der Waals surface area (Å²) in [6.45, 7) is 2.29. The average Bonchev–Trinajstić information content (AvgIpc) is 2.61. The van der Waals surface area contributed by atoms with Crippen LogP contribution in [-0.2, 0) is 16.1 Å². The molecule has 0 saturated carbocycles. The highest BCUT2D eigenvalue weighted by Crippen LogP contribution is 2.35. The van der Waals surface area contributed by atoms with Gasteiger partial charge in [-0.2, -0.15) is 0 Å². The van der Waals surface area contributed by atoms with Gasteiger partial charge in [-0.25, -0.2) is 0 Å². The van der Waals surface area contributed by atoms with Crippen LogP contribution in [0.3, 0.4) is 0 Å². The van der Waals surface area contributed by atoms with Crippen molar-refractivity contribution in [3.63, 3.8) is 0 Å². The molecule has 1 heterocycles. The van der Waals surface area contributed by atoms with E-state index in [9.17, 15) is 4.79 Å². The molecule has 7 heteroatoms. The lowest BCUT2D eigenvalue weighted by Gasteiger charge is -2.28.